The van der Waals surface area contributed by atoms with Gasteiger partial charge in [0.2, 0.25) is 0 Å². The van der Waals surface area contributed by atoms with Crippen molar-refractivity contribution in [1.82, 2.24) is 4.90 Å². The number of likely N-dealkylation sites (tertiary alicyclic amines) is 1. The number of nitrogens with zero attached hydrogens (tertiary/aromatic N) is 1. The van der Waals surface area contributed by atoms with Gasteiger partial charge in [-0.15, -0.1) is 0 Å². The van der Waals surface area contributed by atoms with E-state index < -0.39 is 0 Å². The smallest absolute Gasteiger partial charge is 0.00385 e. The van der Waals surface area contributed by atoms with E-state index in [4.69, 9.17) is 5.73 Å². The molecule has 0 spiro atoms. The maximum Gasteiger partial charge on any atom is 0.00385 e. The van der Waals surface area contributed by atoms with E-state index in [2.05, 4.69) is 25.7 Å². The summed E-state index contributed by atoms with van der Waals surface area (Å²) < 4.78 is 0. The van der Waals surface area contributed by atoms with Crippen molar-refractivity contribution in [2.45, 2.75) is 47.1 Å². The molecule has 1 aliphatic rings. The van der Waals surface area contributed by atoms with Crippen molar-refractivity contribution in [3.8, 4) is 0 Å². The summed E-state index contributed by atoms with van der Waals surface area (Å²) in [7, 11) is 0. The lowest BCUT2D eigenvalue weighted by molar-refractivity contribution is 0.100. The minimum absolute atomic E-state index is 0. The molecular formula is C11H26N2. The maximum absolute atomic E-state index is 5.74. The molecule has 0 aliphatic carbocycles. The van der Waals surface area contributed by atoms with Crippen LogP contribution in [0.2, 0.25) is 0 Å². The molecule has 0 aromatic rings. The summed E-state index contributed by atoms with van der Waals surface area (Å²) in [6, 6.07) is 0.701. The summed E-state index contributed by atoms with van der Waals surface area (Å²) >= 11 is 0. The fourth-order valence-corrected chi connectivity index (χ4v) is 1.78. The molecule has 1 heterocycles. The quantitative estimate of drug-likeness (QED) is 0.715. The lowest BCUT2D eigenvalue weighted by atomic mass is 9.80. The van der Waals surface area contributed by atoms with E-state index in [0.717, 1.165) is 6.54 Å². The topological polar surface area (TPSA) is 29.3 Å². The number of nitrogens with two attached hydrogens (primary N) is 1. The average molecular weight is 186 g/mol. The first-order valence-electron chi connectivity index (χ1n) is 5.01. The molecule has 0 aromatic heterocycles. The lowest BCUT2D eigenvalue weighted by Gasteiger charge is -2.40. The predicted octanol–water partition coefficient (Wildman–Crippen LogP) is 2.09. The van der Waals surface area contributed by atoms with Gasteiger partial charge in [-0.1, -0.05) is 14.4 Å². The largest absolute Gasteiger partial charge is 0.330 e. The second kappa shape index (κ2) is 4.97. The Morgan fingerprint density at radius 3 is 2.08 bits per heavy atom. The van der Waals surface area contributed by atoms with Gasteiger partial charge in [0, 0.05) is 6.04 Å². The van der Waals surface area contributed by atoms with Gasteiger partial charge >= 0.3 is 0 Å². The minimum Gasteiger partial charge on any atom is -0.330 e. The molecule has 1 aliphatic heterocycles. The van der Waals surface area contributed by atoms with Crippen LogP contribution in [0.1, 0.15) is 41.0 Å². The van der Waals surface area contributed by atoms with Crippen LogP contribution in [0.25, 0.3) is 0 Å². The molecule has 0 aromatic carbocycles. The maximum atomic E-state index is 5.74. The van der Waals surface area contributed by atoms with Gasteiger partial charge in [0.25, 0.3) is 0 Å². The predicted molar refractivity (Wildman–Crippen MR) is 59.8 cm³/mol. The van der Waals surface area contributed by atoms with Crippen molar-refractivity contribution in [1.29, 1.82) is 0 Å². The molecule has 1 rings (SSSR count). The van der Waals surface area contributed by atoms with Crippen LogP contribution in [-0.2, 0) is 0 Å². The molecule has 80 valence electrons. The molecule has 0 amide bonds. The van der Waals surface area contributed by atoms with Crippen molar-refractivity contribution in [3.05, 3.63) is 0 Å². The van der Waals surface area contributed by atoms with Gasteiger partial charge in [-0.2, -0.15) is 0 Å². The number of hydrogen-bond donors (Lipinski definition) is 1. The van der Waals surface area contributed by atoms with Crippen LogP contribution in [0.3, 0.4) is 0 Å². The summed E-state index contributed by atoms with van der Waals surface area (Å²) in [4.78, 5) is 2.54. The van der Waals surface area contributed by atoms with Gasteiger partial charge in [0.15, 0.2) is 0 Å². The summed E-state index contributed by atoms with van der Waals surface area (Å²) in [5.74, 6) is 0. The van der Waals surface area contributed by atoms with Crippen molar-refractivity contribution < 1.29 is 0 Å². The van der Waals surface area contributed by atoms with E-state index in [1.54, 1.807) is 0 Å². The first-order chi connectivity index (χ1) is 5.57. The molecular weight excluding hydrogens is 160 g/mol. The Hall–Kier alpha value is -0.0800. The fourth-order valence-electron chi connectivity index (χ4n) is 1.78. The van der Waals surface area contributed by atoms with Gasteiger partial charge in [-0.3, -0.25) is 0 Å². The van der Waals surface area contributed by atoms with Crippen LogP contribution in [-0.4, -0.2) is 30.6 Å². The molecule has 0 atom stereocenters. The molecule has 0 saturated carbocycles. The second-order valence-corrected chi connectivity index (χ2v) is 4.64. The zero-order valence-electron chi connectivity index (χ0n) is 8.64. The molecule has 0 bridgehead atoms. The molecule has 2 nitrogen and oxygen atoms in total. The first-order valence-corrected chi connectivity index (χ1v) is 5.01. The van der Waals surface area contributed by atoms with Gasteiger partial charge in [-0.05, 0) is 51.7 Å². The van der Waals surface area contributed by atoms with Crippen LogP contribution >= 0.6 is 0 Å². The highest BCUT2D eigenvalue weighted by molar-refractivity contribution is 4.83. The summed E-state index contributed by atoms with van der Waals surface area (Å²) in [6.07, 6.45) is 2.53. The summed E-state index contributed by atoms with van der Waals surface area (Å²) in [5.41, 5.74) is 6.16. The van der Waals surface area contributed by atoms with Crippen molar-refractivity contribution in [2.75, 3.05) is 19.6 Å². The Morgan fingerprint density at radius 2 is 1.77 bits per heavy atom. The third kappa shape index (κ3) is 3.28. The second-order valence-electron chi connectivity index (χ2n) is 4.64. The van der Waals surface area contributed by atoms with Gasteiger partial charge in [-0.25, -0.2) is 0 Å². The Bertz CT molecular complexity index is 135. The Balaban J connectivity index is 0.00000144. The lowest BCUT2D eigenvalue weighted by Crippen LogP contribution is -2.44. The van der Waals surface area contributed by atoms with E-state index in [1.807, 2.05) is 0 Å². The molecule has 0 unspecified atom stereocenters. The average Bonchev–Trinajstić information content (AvgIpc) is 2.05. The highest BCUT2D eigenvalue weighted by Gasteiger charge is 2.29. The standard InChI is InChI=1S/C10H22N2.CH4/c1-9(2)12-6-4-10(3,8-11)5-7-12;/h9H,4-8,11H2,1-3H3;1H4. The minimum atomic E-state index is 0. The van der Waals surface area contributed by atoms with Crippen molar-refractivity contribution in [2.24, 2.45) is 11.1 Å². The number of hydrogen-bond acceptors (Lipinski definition) is 2. The highest BCUT2D eigenvalue weighted by Crippen LogP contribution is 2.29. The van der Waals surface area contributed by atoms with E-state index in [-0.39, 0.29) is 7.43 Å². The molecule has 1 fully saturated rings. The van der Waals surface area contributed by atoms with Crippen LogP contribution in [0.5, 0.6) is 0 Å². The van der Waals surface area contributed by atoms with Gasteiger partial charge in [0.05, 0.1) is 0 Å². The molecule has 13 heavy (non-hydrogen) atoms. The van der Waals surface area contributed by atoms with E-state index in [1.165, 1.54) is 25.9 Å². The van der Waals surface area contributed by atoms with Gasteiger partial charge in [0.1, 0.15) is 0 Å². The third-order valence-corrected chi connectivity index (χ3v) is 3.23. The van der Waals surface area contributed by atoms with Gasteiger partial charge < -0.3 is 10.6 Å². The Morgan fingerprint density at radius 1 is 1.31 bits per heavy atom. The van der Waals surface area contributed by atoms with Crippen LogP contribution in [0.4, 0.5) is 0 Å². The molecule has 2 heteroatoms. The van der Waals surface area contributed by atoms with E-state index >= 15 is 0 Å². The first kappa shape index (κ1) is 12.9. The summed E-state index contributed by atoms with van der Waals surface area (Å²) in [6.45, 7) is 10.1. The highest BCUT2D eigenvalue weighted by atomic mass is 15.2. The van der Waals surface area contributed by atoms with Crippen molar-refractivity contribution >= 4 is 0 Å². The van der Waals surface area contributed by atoms with E-state index in [0.29, 0.717) is 11.5 Å². The molecule has 0 radical (unpaired) electrons. The number of piperidine rings is 1. The van der Waals surface area contributed by atoms with Crippen molar-refractivity contribution in [3.63, 3.8) is 0 Å². The molecule has 1 saturated heterocycles. The van der Waals surface area contributed by atoms with Crippen LogP contribution < -0.4 is 5.73 Å². The van der Waals surface area contributed by atoms with Crippen LogP contribution in [0, 0.1) is 5.41 Å². The SMILES string of the molecule is C.CC(C)N1CCC(C)(CN)CC1. The monoisotopic (exact) mass is 186 g/mol. The Kier molecular flexibility index (Phi) is 4.93. The summed E-state index contributed by atoms with van der Waals surface area (Å²) in [5, 5.41) is 0. The fraction of sp³-hybridized carbons (Fsp3) is 1.00. The molecule has 2 N–H and O–H groups in total. The van der Waals surface area contributed by atoms with Crippen LogP contribution in [0.15, 0.2) is 0 Å². The number of rotatable bonds is 2. The zero-order valence-corrected chi connectivity index (χ0v) is 8.64. The Labute approximate surface area is 83.5 Å². The third-order valence-electron chi connectivity index (χ3n) is 3.23. The normalized spacial score (nSPS) is 22.8. The zero-order chi connectivity index (χ0) is 9.19. The van der Waals surface area contributed by atoms with E-state index in [9.17, 15) is 0 Å².